The Hall–Kier alpha value is -6.78. The van der Waals surface area contributed by atoms with Crippen LogP contribution in [0.1, 0.15) is 0 Å². The van der Waals surface area contributed by atoms with Crippen molar-refractivity contribution in [2.75, 3.05) is 0 Å². The molecule has 0 radical (unpaired) electrons. The molecule has 1 aliphatic rings. The first kappa shape index (κ1) is 27.2. The third kappa shape index (κ3) is 3.87. The first-order chi connectivity index (χ1) is 24.8. The zero-order chi connectivity index (χ0) is 32.8. The van der Waals surface area contributed by atoms with Crippen LogP contribution in [0.25, 0.3) is 106 Å². The summed E-state index contributed by atoms with van der Waals surface area (Å²) in [7, 11) is 0. The SMILES string of the molecule is c1ccc(-c2ccc3c(c2)c2ccc4cc2n3-c2ccc3oc5ccccc5c3c2-c2nc(-c3ccccc3)nc(-c3ccccc3)c2-4)cc1. The molecule has 3 aromatic heterocycles. The summed E-state index contributed by atoms with van der Waals surface area (Å²) in [5.41, 5.74) is 14.4. The van der Waals surface area contributed by atoms with Gasteiger partial charge in [0.25, 0.3) is 0 Å². The van der Waals surface area contributed by atoms with Gasteiger partial charge in [-0.25, -0.2) is 9.97 Å². The first-order valence-electron chi connectivity index (χ1n) is 16.9. The number of hydrogen-bond acceptors (Lipinski definition) is 3. The predicted molar refractivity (Wildman–Crippen MR) is 204 cm³/mol. The van der Waals surface area contributed by atoms with E-state index in [1.807, 2.05) is 30.3 Å². The summed E-state index contributed by atoms with van der Waals surface area (Å²) in [6, 6.07) is 57.7. The summed E-state index contributed by atoms with van der Waals surface area (Å²) in [4.78, 5) is 10.9. The Kier molecular flexibility index (Phi) is 5.63. The van der Waals surface area contributed by atoms with E-state index in [9.17, 15) is 0 Å². The Morgan fingerprint density at radius 3 is 1.88 bits per heavy atom. The summed E-state index contributed by atoms with van der Waals surface area (Å²) in [5, 5.41) is 4.53. The third-order valence-electron chi connectivity index (χ3n) is 10.1. The quantitative estimate of drug-likeness (QED) is 0.194. The fourth-order valence-corrected chi connectivity index (χ4v) is 7.91. The summed E-state index contributed by atoms with van der Waals surface area (Å²) >= 11 is 0. The van der Waals surface area contributed by atoms with Gasteiger partial charge in [-0.3, -0.25) is 0 Å². The van der Waals surface area contributed by atoms with Crippen LogP contribution in [0.3, 0.4) is 0 Å². The van der Waals surface area contributed by atoms with Crippen LogP contribution in [0.2, 0.25) is 0 Å². The van der Waals surface area contributed by atoms with E-state index in [1.54, 1.807) is 0 Å². The van der Waals surface area contributed by atoms with Gasteiger partial charge in [-0.05, 0) is 53.1 Å². The molecule has 4 nitrogen and oxygen atoms in total. The standard InChI is InChI=1S/C46H27N3O/c1-4-12-28(13-5-1)31-21-23-36-35(26-31)33-22-20-32-27-38(33)49(36)37-24-25-40-42(34-18-10-11-19-39(34)50-40)43(37)45-41(32)44(29-14-6-2-7-15-29)47-46(48-45)30-16-8-3-9-17-30/h1-27H. The fraction of sp³-hybridized carbons (Fsp3) is 0. The molecule has 0 amide bonds. The first-order valence-corrected chi connectivity index (χ1v) is 16.9. The highest BCUT2D eigenvalue weighted by molar-refractivity contribution is 6.19. The summed E-state index contributed by atoms with van der Waals surface area (Å²) < 4.78 is 8.97. The van der Waals surface area contributed by atoms with E-state index in [2.05, 4.69) is 138 Å². The number of furan rings is 1. The monoisotopic (exact) mass is 637 g/mol. The number of nitrogens with zero attached hydrogens (tertiary/aromatic N) is 3. The molecule has 2 bridgehead atoms. The van der Waals surface area contributed by atoms with Crippen LogP contribution in [-0.2, 0) is 0 Å². The van der Waals surface area contributed by atoms with Gasteiger partial charge in [0.15, 0.2) is 5.82 Å². The highest BCUT2D eigenvalue weighted by atomic mass is 16.3. The molecule has 0 saturated heterocycles. The van der Waals surface area contributed by atoms with Crippen molar-refractivity contribution in [2.24, 2.45) is 0 Å². The second kappa shape index (κ2) is 10.4. The number of benzene rings is 7. The molecule has 50 heavy (non-hydrogen) atoms. The molecule has 0 spiro atoms. The van der Waals surface area contributed by atoms with Crippen LogP contribution in [0.4, 0.5) is 0 Å². The van der Waals surface area contributed by atoms with E-state index < -0.39 is 0 Å². The van der Waals surface area contributed by atoms with Gasteiger partial charge in [0, 0.05) is 43.8 Å². The lowest BCUT2D eigenvalue weighted by Gasteiger charge is -2.22. The number of para-hydroxylation sites is 1. The van der Waals surface area contributed by atoms with Crippen molar-refractivity contribution in [2.45, 2.75) is 0 Å². The maximum atomic E-state index is 6.54. The second-order valence-electron chi connectivity index (χ2n) is 12.9. The van der Waals surface area contributed by atoms with Gasteiger partial charge in [0.2, 0.25) is 0 Å². The Morgan fingerprint density at radius 1 is 0.400 bits per heavy atom. The van der Waals surface area contributed by atoms with Gasteiger partial charge in [0.1, 0.15) is 11.2 Å². The summed E-state index contributed by atoms with van der Waals surface area (Å²) in [6.45, 7) is 0. The van der Waals surface area contributed by atoms with Crippen molar-refractivity contribution in [3.63, 3.8) is 0 Å². The van der Waals surface area contributed by atoms with Crippen LogP contribution in [0.5, 0.6) is 0 Å². The Morgan fingerprint density at radius 2 is 1.08 bits per heavy atom. The van der Waals surface area contributed by atoms with E-state index in [4.69, 9.17) is 14.4 Å². The highest BCUT2D eigenvalue weighted by Gasteiger charge is 2.29. The maximum Gasteiger partial charge on any atom is 0.160 e. The fourth-order valence-electron chi connectivity index (χ4n) is 7.91. The molecular formula is C46H27N3O. The smallest absolute Gasteiger partial charge is 0.160 e. The average Bonchev–Trinajstić information content (AvgIpc) is 3.72. The largest absolute Gasteiger partial charge is 0.456 e. The zero-order valence-electron chi connectivity index (χ0n) is 26.8. The summed E-state index contributed by atoms with van der Waals surface area (Å²) in [5.74, 6) is 0.686. The van der Waals surface area contributed by atoms with Crippen molar-refractivity contribution < 1.29 is 4.42 Å². The Balaban J connectivity index is 1.35. The average molecular weight is 638 g/mol. The molecule has 11 rings (SSSR count). The highest BCUT2D eigenvalue weighted by Crippen LogP contribution is 2.50. The molecule has 0 unspecified atom stereocenters. The van der Waals surface area contributed by atoms with Crippen LogP contribution in [-0.4, -0.2) is 14.5 Å². The van der Waals surface area contributed by atoms with E-state index >= 15 is 0 Å². The van der Waals surface area contributed by atoms with Crippen molar-refractivity contribution in [3.05, 3.63) is 164 Å². The van der Waals surface area contributed by atoms with E-state index in [1.165, 1.54) is 21.9 Å². The van der Waals surface area contributed by atoms with Gasteiger partial charge in [-0.2, -0.15) is 0 Å². The molecule has 0 fully saturated rings. The molecule has 10 aromatic rings. The van der Waals surface area contributed by atoms with E-state index in [-0.39, 0.29) is 0 Å². The molecule has 7 aromatic carbocycles. The summed E-state index contributed by atoms with van der Waals surface area (Å²) in [6.07, 6.45) is 0. The van der Waals surface area contributed by atoms with Gasteiger partial charge in [0.05, 0.1) is 28.1 Å². The predicted octanol–water partition coefficient (Wildman–Crippen LogP) is 12.1. The molecule has 1 aliphatic heterocycles. The lowest BCUT2D eigenvalue weighted by atomic mass is 9.90. The molecule has 232 valence electrons. The molecule has 4 heteroatoms. The Bertz CT molecular complexity index is 2960. The molecule has 0 atom stereocenters. The Labute approximate surface area is 287 Å². The van der Waals surface area contributed by atoms with Gasteiger partial charge >= 0.3 is 0 Å². The molecule has 0 aliphatic carbocycles. The van der Waals surface area contributed by atoms with Crippen molar-refractivity contribution >= 4 is 43.7 Å². The van der Waals surface area contributed by atoms with Gasteiger partial charge < -0.3 is 8.98 Å². The number of fused-ring (bicyclic) bond motifs is 13. The zero-order valence-corrected chi connectivity index (χ0v) is 26.8. The normalized spacial score (nSPS) is 12.0. The number of rotatable bonds is 3. The van der Waals surface area contributed by atoms with E-state index in [0.29, 0.717) is 5.82 Å². The van der Waals surface area contributed by atoms with Gasteiger partial charge in [-0.1, -0.05) is 127 Å². The minimum Gasteiger partial charge on any atom is -0.456 e. The van der Waals surface area contributed by atoms with Crippen molar-refractivity contribution in [1.82, 2.24) is 14.5 Å². The van der Waals surface area contributed by atoms with Gasteiger partial charge in [-0.15, -0.1) is 0 Å². The van der Waals surface area contributed by atoms with E-state index in [0.717, 1.165) is 77.9 Å². The molecule has 4 heterocycles. The minimum absolute atomic E-state index is 0.686. The second-order valence-corrected chi connectivity index (χ2v) is 12.9. The van der Waals surface area contributed by atoms with Crippen LogP contribution in [0, 0.1) is 0 Å². The lowest BCUT2D eigenvalue weighted by Crippen LogP contribution is -2.06. The molecule has 0 N–H and O–H groups in total. The minimum atomic E-state index is 0.686. The molecule has 0 saturated carbocycles. The van der Waals surface area contributed by atoms with Crippen LogP contribution in [0.15, 0.2) is 168 Å². The topological polar surface area (TPSA) is 43.9 Å². The lowest BCUT2D eigenvalue weighted by molar-refractivity contribution is 0.669. The number of hydrogen-bond donors (Lipinski definition) is 0. The van der Waals surface area contributed by atoms with Crippen LogP contribution < -0.4 is 0 Å². The number of aromatic nitrogens is 3. The molecular weight excluding hydrogens is 611 g/mol. The van der Waals surface area contributed by atoms with Crippen molar-refractivity contribution in [1.29, 1.82) is 0 Å². The van der Waals surface area contributed by atoms with Crippen LogP contribution >= 0.6 is 0 Å². The maximum absolute atomic E-state index is 6.54. The third-order valence-corrected chi connectivity index (χ3v) is 10.1. The van der Waals surface area contributed by atoms with Crippen molar-refractivity contribution in [3.8, 4) is 61.8 Å².